The summed E-state index contributed by atoms with van der Waals surface area (Å²) >= 11 is 0. The van der Waals surface area contributed by atoms with Crippen molar-refractivity contribution in [1.82, 2.24) is 16.0 Å². The Kier molecular flexibility index (Phi) is 14.5. The monoisotopic (exact) mass is 563 g/mol. The van der Waals surface area contributed by atoms with E-state index in [2.05, 4.69) is 20.9 Å². The predicted octanol–water partition coefficient (Wildman–Crippen LogP) is -0.0532. The number of nitrogens with two attached hydrogens (primary N) is 3. The van der Waals surface area contributed by atoms with Crippen LogP contribution in [0.3, 0.4) is 0 Å². The number of carbonyl (C=O) groups excluding carboxylic acids is 3. The number of benzene rings is 1. The SMILES string of the molecule is CCC(C)C(NC(=O)C(CCCN=C(N)N)NC(=O)C(Cc1ccc(O)cc1)NC(=O)C(N)CC(C)C)C(=O)O. The Hall–Kier alpha value is -3.87. The molecule has 0 radical (unpaired) electrons. The number of phenols is 1. The summed E-state index contributed by atoms with van der Waals surface area (Å²) in [5.74, 6) is -3.34. The highest BCUT2D eigenvalue weighted by molar-refractivity contribution is 5.94. The molecule has 0 spiro atoms. The standard InChI is InChI=1S/C27H45N7O6/c1-5-16(4)22(26(39)40)34-24(37)20(7-6-12-31-27(29)30)32-25(38)21(14-17-8-10-18(35)11-9-17)33-23(36)19(28)13-15(2)3/h8-11,15-16,19-22,35H,5-7,12-14,28H2,1-4H3,(H,32,38)(H,33,36)(H,34,37)(H,39,40)(H4,29,30,31). The summed E-state index contributed by atoms with van der Waals surface area (Å²) in [6.45, 7) is 7.54. The molecule has 0 aliphatic heterocycles. The van der Waals surface area contributed by atoms with E-state index in [9.17, 15) is 29.4 Å². The lowest BCUT2D eigenvalue weighted by Gasteiger charge is -2.27. The maximum absolute atomic E-state index is 13.5. The number of aliphatic carboxylic acids is 1. The molecule has 11 N–H and O–H groups in total. The smallest absolute Gasteiger partial charge is 0.326 e. The zero-order valence-electron chi connectivity index (χ0n) is 23.7. The van der Waals surface area contributed by atoms with E-state index in [0.29, 0.717) is 24.8 Å². The van der Waals surface area contributed by atoms with Crippen molar-refractivity contribution in [3.8, 4) is 5.75 Å². The first kappa shape index (κ1) is 34.2. The Bertz CT molecular complexity index is 1010. The third-order valence-corrected chi connectivity index (χ3v) is 6.43. The van der Waals surface area contributed by atoms with Crippen molar-refractivity contribution in [3.05, 3.63) is 29.8 Å². The number of phenolic OH excluding ortho intramolecular Hbond substituents is 1. The summed E-state index contributed by atoms with van der Waals surface area (Å²) in [4.78, 5) is 55.2. The fraction of sp³-hybridized carbons (Fsp3) is 0.593. The van der Waals surface area contributed by atoms with Crippen LogP contribution in [-0.2, 0) is 25.6 Å². The van der Waals surface area contributed by atoms with Gasteiger partial charge in [0, 0.05) is 13.0 Å². The van der Waals surface area contributed by atoms with Gasteiger partial charge in [-0.3, -0.25) is 19.4 Å². The first-order chi connectivity index (χ1) is 18.7. The van der Waals surface area contributed by atoms with Gasteiger partial charge in [-0.25, -0.2) is 4.79 Å². The molecule has 3 amide bonds. The van der Waals surface area contributed by atoms with Gasteiger partial charge in [-0.15, -0.1) is 0 Å². The molecule has 40 heavy (non-hydrogen) atoms. The minimum Gasteiger partial charge on any atom is -0.508 e. The van der Waals surface area contributed by atoms with Crippen molar-refractivity contribution in [1.29, 1.82) is 0 Å². The molecule has 13 nitrogen and oxygen atoms in total. The average Bonchev–Trinajstić information content (AvgIpc) is 2.88. The number of guanidine groups is 1. The summed E-state index contributed by atoms with van der Waals surface area (Å²) in [6.07, 6.45) is 1.39. The molecule has 224 valence electrons. The summed E-state index contributed by atoms with van der Waals surface area (Å²) in [6, 6.07) is 1.90. The number of nitrogens with one attached hydrogen (secondary N) is 3. The molecule has 0 aromatic heterocycles. The van der Waals surface area contributed by atoms with Gasteiger partial charge in [0.05, 0.1) is 6.04 Å². The van der Waals surface area contributed by atoms with Gasteiger partial charge in [-0.1, -0.05) is 46.2 Å². The quantitative estimate of drug-likeness (QED) is 0.0719. The maximum Gasteiger partial charge on any atom is 0.326 e. The lowest BCUT2D eigenvalue weighted by molar-refractivity contribution is -0.144. The first-order valence-corrected chi connectivity index (χ1v) is 13.5. The van der Waals surface area contributed by atoms with Gasteiger partial charge in [0.15, 0.2) is 5.96 Å². The molecular weight excluding hydrogens is 518 g/mol. The molecule has 13 heteroatoms. The van der Waals surface area contributed by atoms with Gasteiger partial charge in [0.1, 0.15) is 23.9 Å². The van der Waals surface area contributed by atoms with E-state index >= 15 is 0 Å². The third kappa shape index (κ3) is 12.3. The molecule has 1 aromatic rings. The Morgan fingerprint density at radius 3 is 2.02 bits per heavy atom. The van der Waals surface area contributed by atoms with E-state index in [-0.39, 0.29) is 42.9 Å². The summed E-state index contributed by atoms with van der Waals surface area (Å²) in [5.41, 5.74) is 17.4. The van der Waals surface area contributed by atoms with Crippen molar-refractivity contribution in [2.75, 3.05) is 6.54 Å². The third-order valence-electron chi connectivity index (χ3n) is 6.43. The van der Waals surface area contributed by atoms with E-state index < -0.39 is 47.9 Å². The minimum atomic E-state index is -1.19. The number of carboxylic acids is 1. The molecule has 0 bridgehead atoms. The lowest BCUT2D eigenvalue weighted by Crippen LogP contribution is -2.58. The van der Waals surface area contributed by atoms with Crippen LogP contribution in [0.4, 0.5) is 0 Å². The Morgan fingerprint density at radius 1 is 0.925 bits per heavy atom. The molecule has 5 unspecified atom stereocenters. The number of carboxylic acid groups (broad SMARTS) is 1. The number of nitrogens with zero attached hydrogens (tertiary/aromatic N) is 1. The Morgan fingerprint density at radius 2 is 1.50 bits per heavy atom. The molecule has 5 atom stereocenters. The van der Waals surface area contributed by atoms with Crippen LogP contribution in [0.2, 0.25) is 0 Å². The van der Waals surface area contributed by atoms with Crippen LogP contribution in [0.1, 0.15) is 58.9 Å². The van der Waals surface area contributed by atoms with Crippen molar-refractivity contribution >= 4 is 29.7 Å². The normalized spacial score (nSPS) is 14.8. The molecular formula is C27H45N7O6. The number of hydrogen-bond donors (Lipinski definition) is 8. The predicted molar refractivity (Wildman–Crippen MR) is 152 cm³/mol. The number of amides is 3. The van der Waals surface area contributed by atoms with E-state index in [4.69, 9.17) is 17.2 Å². The highest BCUT2D eigenvalue weighted by Gasteiger charge is 2.32. The van der Waals surface area contributed by atoms with Crippen molar-refractivity contribution < 1.29 is 29.4 Å². The number of carbonyl (C=O) groups is 4. The van der Waals surface area contributed by atoms with Gasteiger partial charge in [0.25, 0.3) is 0 Å². The highest BCUT2D eigenvalue weighted by atomic mass is 16.4. The molecule has 0 heterocycles. The van der Waals surface area contributed by atoms with Crippen molar-refractivity contribution in [2.24, 2.45) is 34.0 Å². The average molecular weight is 564 g/mol. The maximum atomic E-state index is 13.5. The zero-order valence-corrected chi connectivity index (χ0v) is 23.7. The lowest BCUT2D eigenvalue weighted by atomic mass is 9.98. The van der Waals surface area contributed by atoms with Gasteiger partial charge in [-0.2, -0.15) is 0 Å². The van der Waals surface area contributed by atoms with Gasteiger partial charge in [0.2, 0.25) is 17.7 Å². The van der Waals surface area contributed by atoms with Crippen LogP contribution < -0.4 is 33.2 Å². The van der Waals surface area contributed by atoms with Crippen LogP contribution in [-0.4, -0.2) is 70.6 Å². The van der Waals surface area contributed by atoms with Crippen LogP contribution in [0.5, 0.6) is 5.75 Å². The molecule has 0 saturated heterocycles. The molecule has 1 rings (SSSR count). The van der Waals surface area contributed by atoms with Crippen LogP contribution in [0.25, 0.3) is 0 Å². The number of hydrogen-bond acceptors (Lipinski definition) is 7. The largest absolute Gasteiger partial charge is 0.508 e. The fourth-order valence-electron chi connectivity index (χ4n) is 3.95. The van der Waals surface area contributed by atoms with E-state index in [1.54, 1.807) is 19.1 Å². The number of aliphatic imine (C=N–C) groups is 1. The van der Waals surface area contributed by atoms with Crippen LogP contribution in [0.15, 0.2) is 29.3 Å². The molecule has 0 saturated carbocycles. The van der Waals surface area contributed by atoms with Gasteiger partial charge in [-0.05, 0) is 48.8 Å². The Labute approximate surface area is 235 Å². The molecule has 1 aromatic carbocycles. The summed E-state index contributed by atoms with van der Waals surface area (Å²) < 4.78 is 0. The highest BCUT2D eigenvalue weighted by Crippen LogP contribution is 2.13. The number of aromatic hydroxyl groups is 1. The minimum absolute atomic E-state index is 0.0412. The molecule has 0 fully saturated rings. The van der Waals surface area contributed by atoms with Gasteiger partial charge >= 0.3 is 5.97 Å². The van der Waals surface area contributed by atoms with Gasteiger partial charge < -0.3 is 43.4 Å². The second kappa shape index (κ2) is 17.0. The second-order valence-electron chi connectivity index (χ2n) is 10.4. The number of rotatable bonds is 17. The summed E-state index contributed by atoms with van der Waals surface area (Å²) in [5, 5.41) is 27.1. The zero-order chi connectivity index (χ0) is 30.4. The van der Waals surface area contributed by atoms with E-state index in [0.717, 1.165) is 0 Å². The van der Waals surface area contributed by atoms with E-state index in [1.165, 1.54) is 12.1 Å². The fourth-order valence-corrected chi connectivity index (χ4v) is 3.95. The van der Waals surface area contributed by atoms with E-state index in [1.807, 2.05) is 20.8 Å². The van der Waals surface area contributed by atoms with Crippen molar-refractivity contribution in [2.45, 2.75) is 84.0 Å². The molecule has 0 aliphatic carbocycles. The Balaban J connectivity index is 3.21. The van der Waals surface area contributed by atoms with Crippen LogP contribution in [0, 0.1) is 11.8 Å². The summed E-state index contributed by atoms with van der Waals surface area (Å²) in [7, 11) is 0. The second-order valence-corrected chi connectivity index (χ2v) is 10.4. The van der Waals surface area contributed by atoms with Crippen LogP contribution >= 0.6 is 0 Å². The van der Waals surface area contributed by atoms with Crippen molar-refractivity contribution in [3.63, 3.8) is 0 Å². The molecule has 0 aliphatic rings. The topological polar surface area (TPSA) is 235 Å². The first-order valence-electron chi connectivity index (χ1n) is 13.5.